The van der Waals surface area contributed by atoms with Crippen molar-refractivity contribution in [3.63, 3.8) is 0 Å². The molecule has 2 aliphatic carbocycles. The molecule has 0 aliphatic heterocycles. The van der Waals surface area contributed by atoms with Crippen molar-refractivity contribution >= 4 is 5.97 Å². The first-order valence-corrected chi connectivity index (χ1v) is 7.84. The number of carbonyl (C=O) groups is 1. The van der Waals surface area contributed by atoms with Crippen LogP contribution in [0.2, 0.25) is 0 Å². The normalized spacial score (nSPS) is 31.9. The minimum Gasteiger partial charge on any atom is -0.468 e. The topological polar surface area (TPSA) is 38.3 Å². The van der Waals surface area contributed by atoms with Crippen molar-refractivity contribution in [2.45, 2.75) is 83.2 Å². The van der Waals surface area contributed by atoms with Crippen molar-refractivity contribution in [1.82, 2.24) is 5.32 Å². The number of nitrogens with one attached hydrogen (secondary N) is 1. The van der Waals surface area contributed by atoms with E-state index in [0.29, 0.717) is 11.5 Å². The van der Waals surface area contributed by atoms with Crippen LogP contribution in [0.4, 0.5) is 0 Å². The highest BCUT2D eigenvalue weighted by Gasteiger charge is 2.43. The molecule has 3 nitrogen and oxygen atoms in total. The zero-order chi connectivity index (χ0) is 13.9. The molecule has 1 N–H and O–H groups in total. The first-order chi connectivity index (χ1) is 8.97. The van der Waals surface area contributed by atoms with Crippen LogP contribution in [-0.4, -0.2) is 24.7 Å². The van der Waals surface area contributed by atoms with Crippen LogP contribution in [0, 0.1) is 5.41 Å². The van der Waals surface area contributed by atoms with Gasteiger partial charge in [-0.3, -0.25) is 10.1 Å². The highest BCUT2D eigenvalue weighted by molar-refractivity contribution is 5.80. The Hall–Kier alpha value is -0.570. The van der Waals surface area contributed by atoms with Crippen LogP contribution < -0.4 is 5.32 Å². The van der Waals surface area contributed by atoms with Crippen molar-refractivity contribution in [2.24, 2.45) is 5.41 Å². The van der Waals surface area contributed by atoms with E-state index < -0.39 is 5.54 Å². The molecule has 0 aromatic heterocycles. The number of methoxy groups -OCH3 is 1. The van der Waals surface area contributed by atoms with E-state index in [-0.39, 0.29) is 5.97 Å². The Morgan fingerprint density at radius 3 is 2.37 bits per heavy atom. The van der Waals surface area contributed by atoms with Crippen molar-refractivity contribution in [1.29, 1.82) is 0 Å². The molecule has 2 saturated carbocycles. The highest BCUT2D eigenvalue weighted by Crippen LogP contribution is 2.39. The standard InChI is InChI=1S/C16H29NO2/c1-15(2)9-6-10-16(12-11-15,14(18)19-3)17-13-7-4-5-8-13/h13,17H,4-12H2,1-3H3. The van der Waals surface area contributed by atoms with Gasteiger partial charge in [0.2, 0.25) is 0 Å². The lowest BCUT2D eigenvalue weighted by atomic mass is 9.83. The summed E-state index contributed by atoms with van der Waals surface area (Å²) >= 11 is 0. The fraction of sp³-hybridized carbons (Fsp3) is 0.938. The largest absolute Gasteiger partial charge is 0.468 e. The third-order valence-electron chi connectivity index (χ3n) is 5.10. The summed E-state index contributed by atoms with van der Waals surface area (Å²) in [7, 11) is 1.52. The number of hydrogen-bond acceptors (Lipinski definition) is 3. The van der Waals surface area contributed by atoms with E-state index >= 15 is 0 Å². The Kier molecular flexibility index (Phi) is 4.54. The number of ether oxygens (including phenoxy) is 1. The van der Waals surface area contributed by atoms with Gasteiger partial charge in [-0.25, -0.2) is 0 Å². The van der Waals surface area contributed by atoms with E-state index in [2.05, 4.69) is 19.2 Å². The average molecular weight is 267 g/mol. The monoisotopic (exact) mass is 267 g/mol. The fourth-order valence-electron chi connectivity index (χ4n) is 3.73. The zero-order valence-electron chi connectivity index (χ0n) is 12.8. The third-order valence-corrected chi connectivity index (χ3v) is 5.10. The van der Waals surface area contributed by atoms with Crippen LogP contribution in [-0.2, 0) is 9.53 Å². The van der Waals surface area contributed by atoms with Gasteiger partial charge in [0.05, 0.1) is 7.11 Å². The molecule has 0 saturated heterocycles. The first-order valence-electron chi connectivity index (χ1n) is 7.84. The second-order valence-corrected chi connectivity index (χ2v) is 7.22. The second-order valence-electron chi connectivity index (χ2n) is 7.22. The molecule has 3 heteroatoms. The summed E-state index contributed by atoms with van der Waals surface area (Å²) in [5.74, 6) is -0.0444. The molecule has 2 rings (SSSR count). The Balaban J connectivity index is 2.11. The van der Waals surface area contributed by atoms with Crippen LogP contribution in [0.1, 0.15) is 71.6 Å². The van der Waals surface area contributed by atoms with Crippen LogP contribution in [0.15, 0.2) is 0 Å². The van der Waals surface area contributed by atoms with Crippen LogP contribution in [0.3, 0.4) is 0 Å². The van der Waals surface area contributed by atoms with E-state index in [0.717, 1.165) is 25.7 Å². The molecule has 1 atom stereocenters. The molecule has 0 bridgehead atoms. The van der Waals surface area contributed by atoms with Gasteiger partial charge in [0.25, 0.3) is 0 Å². The molecule has 19 heavy (non-hydrogen) atoms. The number of hydrogen-bond donors (Lipinski definition) is 1. The van der Waals surface area contributed by atoms with Crippen LogP contribution in [0.25, 0.3) is 0 Å². The van der Waals surface area contributed by atoms with Gasteiger partial charge >= 0.3 is 5.97 Å². The number of rotatable bonds is 3. The van der Waals surface area contributed by atoms with Gasteiger partial charge in [-0.2, -0.15) is 0 Å². The summed E-state index contributed by atoms with van der Waals surface area (Å²) in [6, 6.07) is 0.514. The minimum absolute atomic E-state index is 0.0444. The lowest BCUT2D eigenvalue weighted by Gasteiger charge is -2.34. The Morgan fingerprint density at radius 2 is 1.74 bits per heavy atom. The molecule has 0 amide bonds. The van der Waals surface area contributed by atoms with Gasteiger partial charge in [-0.15, -0.1) is 0 Å². The molecule has 110 valence electrons. The molecular formula is C16H29NO2. The number of esters is 1. The van der Waals surface area contributed by atoms with Crippen molar-refractivity contribution in [2.75, 3.05) is 7.11 Å². The Morgan fingerprint density at radius 1 is 1.05 bits per heavy atom. The molecule has 0 aromatic carbocycles. The maximum Gasteiger partial charge on any atom is 0.326 e. The van der Waals surface area contributed by atoms with E-state index in [1.165, 1.54) is 39.2 Å². The molecular weight excluding hydrogens is 238 g/mol. The maximum atomic E-state index is 12.4. The molecule has 0 aromatic rings. The summed E-state index contributed by atoms with van der Waals surface area (Å²) in [5.41, 5.74) is -0.0648. The smallest absolute Gasteiger partial charge is 0.326 e. The van der Waals surface area contributed by atoms with Gasteiger partial charge in [0, 0.05) is 6.04 Å². The second kappa shape index (κ2) is 5.82. The number of carbonyl (C=O) groups excluding carboxylic acids is 1. The Labute approximate surface area is 117 Å². The lowest BCUT2D eigenvalue weighted by Crippen LogP contribution is -2.55. The van der Waals surface area contributed by atoms with Crippen molar-refractivity contribution in [3.8, 4) is 0 Å². The summed E-state index contributed by atoms with van der Waals surface area (Å²) < 4.78 is 5.13. The predicted molar refractivity (Wildman–Crippen MR) is 77.0 cm³/mol. The molecule has 0 heterocycles. The third kappa shape index (κ3) is 3.50. The van der Waals surface area contributed by atoms with Gasteiger partial charge in [-0.1, -0.05) is 33.1 Å². The predicted octanol–water partition coefficient (Wildman–Crippen LogP) is 3.42. The lowest BCUT2D eigenvalue weighted by molar-refractivity contribution is -0.149. The van der Waals surface area contributed by atoms with Crippen molar-refractivity contribution < 1.29 is 9.53 Å². The van der Waals surface area contributed by atoms with E-state index in [1.54, 1.807) is 0 Å². The van der Waals surface area contributed by atoms with E-state index in [4.69, 9.17) is 4.74 Å². The summed E-state index contributed by atoms with van der Waals surface area (Å²) in [5, 5.41) is 3.69. The Bertz CT molecular complexity index is 321. The highest BCUT2D eigenvalue weighted by atomic mass is 16.5. The fourth-order valence-corrected chi connectivity index (χ4v) is 3.73. The van der Waals surface area contributed by atoms with Crippen LogP contribution in [0.5, 0.6) is 0 Å². The summed E-state index contributed by atoms with van der Waals surface area (Å²) in [6.07, 6.45) is 10.3. The first kappa shape index (κ1) is 14.8. The molecule has 2 fully saturated rings. The van der Waals surface area contributed by atoms with Crippen molar-refractivity contribution in [3.05, 3.63) is 0 Å². The SMILES string of the molecule is COC(=O)C1(NC2CCCC2)CCCC(C)(C)CC1. The van der Waals surface area contributed by atoms with E-state index in [1.807, 2.05) is 0 Å². The summed E-state index contributed by atoms with van der Waals surface area (Å²) in [4.78, 5) is 12.4. The molecule has 1 unspecified atom stereocenters. The van der Waals surface area contributed by atoms with Gasteiger partial charge < -0.3 is 4.74 Å². The van der Waals surface area contributed by atoms with Gasteiger partial charge in [0.15, 0.2) is 0 Å². The summed E-state index contributed by atoms with van der Waals surface area (Å²) in [6.45, 7) is 4.63. The molecule has 0 radical (unpaired) electrons. The van der Waals surface area contributed by atoms with Gasteiger partial charge in [0.1, 0.15) is 5.54 Å². The molecule has 2 aliphatic rings. The maximum absolute atomic E-state index is 12.4. The minimum atomic E-state index is -0.419. The molecule has 0 spiro atoms. The average Bonchev–Trinajstić information content (AvgIpc) is 2.81. The quantitative estimate of drug-likeness (QED) is 0.629. The van der Waals surface area contributed by atoms with Crippen LogP contribution >= 0.6 is 0 Å². The van der Waals surface area contributed by atoms with Gasteiger partial charge in [-0.05, 0) is 43.9 Å². The zero-order valence-corrected chi connectivity index (χ0v) is 12.8. The van der Waals surface area contributed by atoms with E-state index in [9.17, 15) is 4.79 Å².